The summed E-state index contributed by atoms with van der Waals surface area (Å²) in [5, 5.41) is 6.51. The van der Waals surface area contributed by atoms with Gasteiger partial charge in [0.05, 0.1) is 0 Å². The summed E-state index contributed by atoms with van der Waals surface area (Å²) < 4.78 is 5.24. The minimum atomic E-state index is -0.409. The highest BCUT2D eigenvalue weighted by atomic mass is 16.6. The maximum Gasteiger partial charge on any atom is 0.407 e. The van der Waals surface area contributed by atoms with Crippen molar-refractivity contribution >= 4 is 6.09 Å². The summed E-state index contributed by atoms with van der Waals surface area (Å²) >= 11 is 0. The summed E-state index contributed by atoms with van der Waals surface area (Å²) in [5.41, 5.74) is -0.409. The van der Waals surface area contributed by atoms with Crippen molar-refractivity contribution in [2.45, 2.75) is 64.1 Å². The van der Waals surface area contributed by atoms with Gasteiger partial charge in [-0.25, -0.2) is 4.79 Å². The number of hydrogen-bond donors (Lipinski definition) is 2. The third-order valence-electron chi connectivity index (χ3n) is 3.64. The molecule has 0 unspecified atom stereocenters. The molecule has 2 heterocycles. The summed E-state index contributed by atoms with van der Waals surface area (Å²) in [4.78, 5) is 11.6. The van der Waals surface area contributed by atoms with Gasteiger partial charge in [-0.05, 0) is 52.4 Å². The largest absolute Gasteiger partial charge is 0.444 e. The van der Waals surface area contributed by atoms with E-state index in [0.29, 0.717) is 12.0 Å². The SMILES string of the molecule is CC(C)(C)OC(=O)NC[C@@H]1CC[C@H]2CC[C@H]1N2. The van der Waals surface area contributed by atoms with E-state index in [1.165, 1.54) is 25.7 Å². The van der Waals surface area contributed by atoms with Gasteiger partial charge >= 0.3 is 6.09 Å². The number of hydrogen-bond acceptors (Lipinski definition) is 3. The van der Waals surface area contributed by atoms with Crippen molar-refractivity contribution in [3.05, 3.63) is 0 Å². The van der Waals surface area contributed by atoms with Gasteiger partial charge in [-0.1, -0.05) is 0 Å². The van der Waals surface area contributed by atoms with Crippen LogP contribution in [0.3, 0.4) is 0 Å². The summed E-state index contributed by atoms with van der Waals surface area (Å²) in [6, 6.07) is 1.33. The predicted octanol–water partition coefficient (Wildman–Crippen LogP) is 2.04. The number of ether oxygens (including phenoxy) is 1. The molecule has 17 heavy (non-hydrogen) atoms. The van der Waals surface area contributed by atoms with Gasteiger partial charge in [0.15, 0.2) is 0 Å². The molecule has 0 aromatic rings. The van der Waals surface area contributed by atoms with Crippen LogP contribution >= 0.6 is 0 Å². The van der Waals surface area contributed by atoms with Crippen LogP contribution in [0.5, 0.6) is 0 Å². The molecule has 1 amide bonds. The lowest BCUT2D eigenvalue weighted by molar-refractivity contribution is 0.0512. The molecular weight excluding hydrogens is 216 g/mol. The highest BCUT2D eigenvalue weighted by Gasteiger charge is 2.35. The van der Waals surface area contributed by atoms with E-state index in [9.17, 15) is 4.79 Å². The molecule has 0 radical (unpaired) electrons. The second-order valence-corrected chi connectivity index (χ2v) is 6.27. The van der Waals surface area contributed by atoms with E-state index in [1.54, 1.807) is 0 Å². The average molecular weight is 240 g/mol. The van der Waals surface area contributed by atoms with E-state index in [1.807, 2.05) is 20.8 Å². The highest BCUT2D eigenvalue weighted by molar-refractivity contribution is 5.67. The van der Waals surface area contributed by atoms with Crippen molar-refractivity contribution in [2.75, 3.05) is 6.54 Å². The number of amides is 1. The third kappa shape index (κ3) is 3.60. The van der Waals surface area contributed by atoms with Crippen LogP contribution in [0.25, 0.3) is 0 Å². The van der Waals surface area contributed by atoms with Crippen LogP contribution in [-0.2, 0) is 4.74 Å². The predicted molar refractivity (Wildman–Crippen MR) is 66.9 cm³/mol. The summed E-state index contributed by atoms with van der Waals surface area (Å²) in [7, 11) is 0. The number of carbonyl (C=O) groups is 1. The van der Waals surface area contributed by atoms with Crippen molar-refractivity contribution in [3.8, 4) is 0 Å². The smallest absolute Gasteiger partial charge is 0.407 e. The molecule has 2 N–H and O–H groups in total. The lowest BCUT2D eigenvalue weighted by Gasteiger charge is -2.30. The number of carbonyl (C=O) groups excluding carboxylic acids is 1. The van der Waals surface area contributed by atoms with E-state index in [0.717, 1.165) is 12.6 Å². The molecule has 0 aromatic carbocycles. The first-order valence-corrected chi connectivity index (χ1v) is 6.67. The summed E-state index contributed by atoms with van der Waals surface area (Å²) in [6.45, 7) is 6.39. The van der Waals surface area contributed by atoms with Crippen LogP contribution in [-0.4, -0.2) is 30.3 Å². The van der Waals surface area contributed by atoms with Gasteiger partial charge < -0.3 is 15.4 Å². The normalized spacial score (nSPS) is 32.3. The number of rotatable bonds is 2. The summed E-state index contributed by atoms with van der Waals surface area (Å²) in [6.07, 6.45) is 4.73. The van der Waals surface area contributed by atoms with E-state index in [2.05, 4.69) is 10.6 Å². The second kappa shape index (κ2) is 4.84. The molecule has 4 heteroatoms. The molecular formula is C13H24N2O2. The van der Waals surface area contributed by atoms with Gasteiger partial charge in [-0.2, -0.15) is 0 Å². The molecule has 0 spiro atoms. The van der Waals surface area contributed by atoms with E-state index < -0.39 is 5.60 Å². The molecule has 2 aliphatic rings. The summed E-state index contributed by atoms with van der Waals surface area (Å²) in [5.74, 6) is 0.571. The Morgan fingerprint density at radius 3 is 2.71 bits per heavy atom. The Kier molecular flexibility index (Phi) is 3.61. The molecule has 2 bridgehead atoms. The minimum Gasteiger partial charge on any atom is -0.444 e. The topological polar surface area (TPSA) is 50.4 Å². The van der Waals surface area contributed by atoms with Crippen LogP contribution in [0.1, 0.15) is 46.5 Å². The quantitative estimate of drug-likeness (QED) is 0.776. The molecule has 2 rings (SSSR count). The molecule has 2 aliphatic heterocycles. The Bertz CT molecular complexity index is 286. The van der Waals surface area contributed by atoms with Gasteiger partial charge in [0.2, 0.25) is 0 Å². The number of fused-ring (bicyclic) bond motifs is 2. The molecule has 98 valence electrons. The van der Waals surface area contributed by atoms with E-state index >= 15 is 0 Å². The first-order valence-electron chi connectivity index (χ1n) is 6.67. The van der Waals surface area contributed by atoms with E-state index in [4.69, 9.17) is 4.74 Å². The molecule has 3 atom stereocenters. The zero-order valence-electron chi connectivity index (χ0n) is 11.1. The van der Waals surface area contributed by atoms with Crippen molar-refractivity contribution < 1.29 is 9.53 Å². The first kappa shape index (κ1) is 12.7. The Hall–Kier alpha value is -0.770. The van der Waals surface area contributed by atoms with Gasteiger partial charge in [-0.15, -0.1) is 0 Å². The molecule has 0 aromatic heterocycles. The highest BCUT2D eigenvalue weighted by Crippen LogP contribution is 2.30. The average Bonchev–Trinajstić information content (AvgIpc) is 2.57. The first-order chi connectivity index (χ1) is 7.94. The Balaban J connectivity index is 1.73. The maximum absolute atomic E-state index is 11.6. The van der Waals surface area contributed by atoms with Gasteiger partial charge in [-0.3, -0.25) is 0 Å². The number of piperidine rings is 1. The van der Waals surface area contributed by atoms with Crippen molar-refractivity contribution in [3.63, 3.8) is 0 Å². The Morgan fingerprint density at radius 2 is 2.00 bits per heavy atom. The molecule has 0 aliphatic carbocycles. The fraction of sp³-hybridized carbons (Fsp3) is 0.923. The fourth-order valence-electron chi connectivity index (χ4n) is 2.84. The van der Waals surface area contributed by atoms with Crippen LogP contribution in [0.4, 0.5) is 4.79 Å². The number of nitrogens with one attached hydrogen (secondary N) is 2. The van der Waals surface area contributed by atoms with Crippen LogP contribution < -0.4 is 10.6 Å². The van der Waals surface area contributed by atoms with Gasteiger partial charge in [0, 0.05) is 18.6 Å². The monoisotopic (exact) mass is 240 g/mol. The zero-order valence-corrected chi connectivity index (χ0v) is 11.1. The van der Waals surface area contributed by atoms with Gasteiger partial charge in [0.25, 0.3) is 0 Å². The Morgan fingerprint density at radius 1 is 1.29 bits per heavy atom. The van der Waals surface area contributed by atoms with Crippen molar-refractivity contribution in [1.82, 2.24) is 10.6 Å². The van der Waals surface area contributed by atoms with E-state index in [-0.39, 0.29) is 6.09 Å². The standard InChI is InChI=1S/C13H24N2O2/c1-13(2,3)17-12(16)14-8-9-4-5-10-6-7-11(9)15-10/h9-11,15H,4-8H2,1-3H3,(H,14,16)/t9-,10-,11+/m0/s1. The van der Waals surface area contributed by atoms with Crippen molar-refractivity contribution in [1.29, 1.82) is 0 Å². The fourth-order valence-corrected chi connectivity index (χ4v) is 2.84. The maximum atomic E-state index is 11.6. The van der Waals surface area contributed by atoms with Crippen molar-refractivity contribution in [2.24, 2.45) is 5.92 Å². The molecule has 2 saturated heterocycles. The number of alkyl carbamates (subject to hydrolysis) is 1. The van der Waals surface area contributed by atoms with Crippen LogP contribution in [0, 0.1) is 5.92 Å². The molecule has 2 fully saturated rings. The van der Waals surface area contributed by atoms with Gasteiger partial charge in [0.1, 0.15) is 5.60 Å². The van der Waals surface area contributed by atoms with Crippen LogP contribution in [0.15, 0.2) is 0 Å². The second-order valence-electron chi connectivity index (χ2n) is 6.27. The molecule has 4 nitrogen and oxygen atoms in total. The zero-order chi connectivity index (χ0) is 12.5. The third-order valence-corrected chi connectivity index (χ3v) is 3.64. The lowest BCUT2D eigenvalue weighted by Crippen LogP contribution is -2.45. The van der Waals surface area contributed by atoms with Crippen LogP contribution in [0.2, 0.25) is 0 Å². The lowest BCUT2D eigenvalue weighted by atomic mass is 9.92. The molecule has 0 saturated carbocycles. The Labute approximate surface area is 103 Å². The minimum absolute atomic E-state index is 0.294.